The number of benzene rings is 2. The molecule has 4 aromatic rings. The first-order valence-corrected chi connectivity index (χ1v) is 10.3. The molecule has 4 heterocycles. The van der Waals surface area contributed by atoms with Crippen molar-refractivity contribution in [1.82, 2.24) is 19.7 Å². The molecule has 0 aliphatic carbocycles. The van der Waals surface area contributed by atoms with Crippen molar-refractivity contribution < 1.29 is 4.74 Å². The fraction of sp³-hybridized carbons (Fsp3) is 0.160. The van der Waals surface area contributed by atoms with Crippen molar-refractivity contribution in [2.45, 2.75) is 26.0 Å². The fourth-order valence-electron chi connectivity index (χ4n) is 4.46. The highest BCUT2D eigenvalue weighted by atomic mass is 16.5. The molecule has 0 saturated carbocycles. The van der Waals surface area contributed by atoms with Crippen LogP contribution in [0.3, 0.4) is 0 Å². The van der Waals surface area contributed by atoms with Gasteiger partial charge in [-0.3, -0.25) is 4.98 Å². The Balaban J connectivity index is 1.64. The van der Waals surface area contributed by atoms with Crippen LogP contribution in [0, 0.1) is 13.8 Å². The zero-order chi connectivity index (χ0) is 20.9. The molecule has 0 fully saturated rings. The summed E-state index contributed by atoms with van der Waals surface area (Å²) in [5, 5.41) is 8.09. The second-order valence-corrected chi connectivity index (χ2v) is 8.08. The summed E-state index contributed by atoms with van der Waals surface area (Å²) in [6, 6.07) is 18.7. The number of fused-ring (bicyclic) bond motifs is 3. The number of hydrogen-bond acceptors (Lipinski definition) is 5. The Morgan fingerprint density at radius 2 is 1.81 bits per heavy atom. The Bertz CT molecular complexity index is 1310. The molecule has 2 aromatic carbocycles. The molecular formula is C25H21N5O. The van der Waals surface area contributed by atoms with E-state index < -0.39 is 0 Å². The lowest BCUT2D eigenvalue weighted by molar-refractivity contribution is 0.223. The summed E-state index contributed by atoms with van der Waals surface area (Å²) in [6.07, 6.45) is 5.00. The van der Waals surface area contributed by atoms with Crippen LogP contribution in [0.2, 0.25) is 0 Å². The van der Waals surface area contributed by atoms with Gasteiger partial charge in [0.2, 0.25) is 5.95 Å². The maximum atomic E-state index is 6.65. The first-order chi connectivity index (χ1) is 15.2. The standard InChI is InChI=1S/C25H21N5O/c1-15-5-8-17(9-6-15)24-21-22(19-12-16(2)7-10-20(19)31-24)29-25-27-14-28-30(25)23(21)18-4-3-11-26-13-18/h3-14,23-24H,1-2H3,(H,27,28,29)/t23-,24-/m0/s1. The highest BCUT2D eigenvalue weighted by Gasteiger charge is 2.41. The van der Waals surface area contributed by atoms with Gasteiger partial charge in [0.05, 0.1) is 5.70 Å². The quantitative estimate of drug-likeness (QED) is 0.515. The Kier molecular flexibility index (Phi) is 3.93. The van der Waals surface area contributed by atoms with Crippen LogP contribution in [0.4, 0.5) is 5.95 Å². The average molecular weight is 407 g/mol. The van der Waals surface area contributed by atoms with Crippen molar-refractivity contribution in [3.05, 3.63) is 107 Å². The number of ether oxygens (including phenoxy) is 1. The summed E-state index contributed by atoms with van der Waals surface area (Å²) in [5.74, 6) is 1.57. The van der Waals surface area contributed by atoms with E-state index in [2.05, 4.69) is 82.8 Å². The van der Waals surface area contributed by atoms with Gasteiger partial charge < -0.3 is 10.1 Å². The smallest absolute Gasteiger partial charge is 0.226 e. The molecule has 0 saturated heterocycles. The summed E-state index contributed by atoms with van der Waals surface area (Å²) >= 11 is 0. The van der Waals surface area contributed by atoms with Crippen LogP contribution in [-0.4, -0.2) is 19.7 Å². The van der Waals surface area contributed by atoms with E-state index in [9.17, 15) is 0 Å². The minimum atomic E-state index is -0.263. The van der Waals surface area contributed by atoms with E-state index >= 15 is 0 Å². The van der Waals surface area contributed by atoms with Crippen molar-refractivity contribution in [3.8, 4) is 5.75 Å². The molecule has 6 heteroatoms. The van der Waals surface area contributed by atoms with Gasteiger partial charge in [-0.15, -0.1) is 0 Å². The van der Waals surface area contributed by atoms with Gasteiger partial charge in [-0.25, -0.2) is 4.68 Å². The number of rotatable bonds is 2. The van der Waals surface area contributed by atoms with Gasteiger partial charge in [0.15, 0.2) is 0 Å². The highest BCUT2D eigenvalue weighted by Crippen LogP contribution is 2.50. The third-order valence-electron chi connectivity index (χ3n) is 5.95. The third kappa shape index (κ3) is 2.83. The third-order valence-corrected chi connectivity index (χ3v) is 5.95. The Hall–Kier alpha value is -3.93. The zero-order valence-corrected chi connectivity index (χ0v) is 17.3. The first kappa shape index (κ1) is 17.9. The lowest BCUT2D eigenvalue weighted by Crippen LogP contribution is -2.32. The number of pyridine rings is 1. The molecule has 2 aliphatic rings. The average Bonchev–Trinajstić information content (AvgIpc) is 3.27. The summed E-state index contributed by atoms with van der Waals surface area (Å²) < 4.78 is 8.56. The molecular weight excluding hydrogens is 386 g/mol. The van der Waals surface area contributed by atoms with Gasteiger partial charge in [0, 0.05) is 23.5 Å². The monoisotopic (exact) mass is 407 g/mol. The van der Waals surface area contributed by atoms with E-state index in [1.807, 2.05) is 16.9 Å². The van der Waals surface area contributed by atoms with E-state index in [-0.39, 0.29) is 12.1 Å². The molecule has 152 valence electrons. The van der Waals surface area contributed by atoms with Gasteiger partial charge in [-0.2, -0.15) is 10.1 Å². The van der Waals surface area contributed by atoms with Gasteiger partial charge in [-0.05, 0) is 43.2 Å². The molecule has 31 heavy (non-hydrogen) atoms. The van der Waals surface area contributed by atoms with Crippen LogP contribution in [0.1, 0.15) is 40.0 Å². The second-order valence-electron chi connectivity index (χ2n) is 8.08. The number of anilines is 1. The van der Waals surface area contributed by atoms with Crippen LogP contribution in [0.5, 0.6) is 5.75 Å². The molecule has 2 aromatic heterocycles. The van der Waals surface area contributed by atoms with Gasteiger partial charge in [0.25, 0.3) is 0 Å². The van der Waals surface area contributed by atoms with Crippen LogP contribution < -0.4 is 10.1 Å². The number of aromatic nitrogens is 4. The molecule has 0 amide bonds. The summed E-state index contributed by atoms with van der Waals surface area (Å²) in [6.45, 7) is 4.19. The van der Waals surface area contributed by atoms with Crippen molar-refractivity contribution in [1.29, 1.82) is 0 Å². The van der Waals surface area contributed by atoms with E-state index in [4.69, 9.17) is 4.74 Å². The Labute approximate surface area is 180 Å². The normalized spacial score (nSPS) is 19.0. The van der Waals surface area contributed by atoms with Crippen molar-refractivity contribution in [3.63, 3.8) is 0 Å². The largest absolute Gasteiger partial charge is 0.480 e. The number of hydrogen-bond donors (Lipinski definition) is 1. The second kappa shape index (κ2) is 6.80. The molecule has 2 atom stereocenters. The topological polar surface area (TPSA) is 64.9 Å². The zero-order valence-electron chi connectivity index (χ0n) is 17.3. The summed E-state index contributed by atoms with van der Waals surface area (Å²) in [7, 11) is 0. The molecule has 0 spiro atoms. The van der Waals surface area contributed by atoms with Gasteiger partial charge in [-0.1, -0.05) is 47.5 Å². The molecule has 1 N–H and O–H groups in total. The number of nitrogens with one attached hydrogen (secondary N) is 1. The van der Waals surface area contributed by atoms with Crippen LogP contribution in [0.25, 0.3) is 5.70 Å². The predicted molar refractivity (Wildman–Crippen MR) is 119 cm³/mol. The molecule has 0 unspecified atom stereocenters. The van der Waals surface area contributed by atoms with E-state index in [1.54, 1.807) is 12.5 Å². The molecule has 2 aliphatic heterocycles. The minimum absolute atomic E-state index is 0.178. The van der Waals surface area contributed by atoms with Crippen LogP contribution in [-0.2, 0) is 0 Å². The molecule has 0 radical (unpaired) electrons. The fourth-order valence-corrected chi connectivity index (χ4v) is 4.46. The van der Waals surface area contributed by atoms with Crippen LogP contribution >= 0.6 is 0 Å². The summed E-state index contributed by atoms with van der Waals surface area (Å²) in [4.78, 5) is 8.85. The Morgan fingerprint density at radius 1 is 0.968 bits per heavy atom. The number of aryl methyl sites for hydroxylation is 2. The predicted octanol–water partition coefficient (Wildman–Crippen LogP) is 4.85. The lowest BCUT2D eigenvalue weighted by atomic mass is 9.84. The molecule has 0 bridgehead atoms. The molecule has 6 rings (SSSR count). The lowest BCUT2D eigenvalue weighted by Gasteiger charge is -2.39. The number of nitrogens with zero attached hydrogens (tertiary/aromatic N) is 4. The minimum Gasteiger partial charge on any atom is -0.480 e. The Morgan fingerprint density at radius 3 is 2.61 bits per heavy atom. The maximum Gasteiger partial charge on any atom is 0.226 e. The first-order valence-electron chi connectivity index (χ1n) is 10.3. The van der Waals surface area contributed by atoms with E-state index in [0.29, 0.717) is 5.95 Å². The SMILES string of the molecule is Cc1ccc([C@@H]2Oc3ccc(C)cc3C3=C2[C@H](c2cccnc2)n2ncnc2N3)cc1. The van der Waals surface area contributed by atoms with Crippen molar-refractivity contribution in [2.75, 3.05) is 5.32 Å². The van der Waals surface area contributed by atoms with Crippen LogP contribution in [0.15, 0.2) is 78.9 Å². The molecule has 6 nitrogen and oxygen atoms in total. The van der Waals surface area contributed by atoms with Crippen molar-refractivity contribution in [2.24, 2.45) is 0 Å². The van der Waals surface area contributed by atoms with Gasteiger partial charge >= 0.3 is 0 Å². The van der Waals surface area contributed by atoms with E-state index in [0.717, 1.165) is 33.7 Å². The maximum absolute atomic E-state index is 6.65. The highest BCUT2D eigenvalue weighted by molar-refractivity contribution is 5.85. The van der Waals surface area contributed by atoms with Gasteiger partial charge in [0.1, 0.15) is 24.2 Å². The van der Waals surface area contributed by atoms with Crippen molar-refractivity contribution >= 4 is 11.6 Å². The summed E-state index contributed by atoms with van der Waals surface area (Å²) in [5.41, 5.74) is 7.71. The van der Waals surface area contributed by atoms with E-state index in [1.165, 1.54) is 11.1 Å².